The standard InChI is InChI=1S/C18H21NO2/c1-9(2)7-10(3)13(6)14-17(20)15(18(14)21)16-11(4)8-12(5)19-16/h7-8,19-20H,1H2,2-6H3/b10-7-,14-13+. The van der Waals surface area contributed by atoms with Crippen molar-refractivity contribution in [2.24, 2.45) is 0 Å². The molecule has 3 heteroatoms. The third-order valence-corrected chi connectivity index (χ3v) is 3.76. The number of aliphatic hydroxyl groups is 1. The van der Waals surface area contributed by atoms with Gasteiger partial charge in [0.05, 0.1) is 16.8 Å². The van der Waals surface area contributed by atoms with Crippen LogP contribution in [0.5, 0.6) is 0 Å². The monoisotopic (exact) mass is 283 g/mol. The molecule has 2 rings (SSSR count). The number of aryl methyl sites for hydroxylation is 2. The molecule has 0 unspecified atom stereocenters. The molecule has 0 radical (unpaired) electrons. The van der Waals surface area contributed by atoms with E-state index in [0.717, 1.165) is 28.0 Å². The molecule has 110 valence electrons. The lowest BCUT2D eigenvalue weighted by Crippen LogP contribution is -2.23. The van der Waals surface area contributed by atoms with E-state index in [1.54, 1.807) is 0 Å². The maximum Gasteiger partial charge on any atom is 0.202 e. The van der Waals surface area contributed by atoms with Gasteiger partial charge in [0.1, 0.15) is 5.76 Å². The Labute approximate surface area is 125 Å². The molecular formula is C18H21NO2. The number of ketones is 1. The van der Waals surface area contributed by atoms with E-state index < -0.39 is 0 Å². The Balaban J connectivity index is 2.52. The van der Waals surface area contributed by atoms with E-state index in [-0.39, 0.29) is 11.5 Å². The lowest BCUT2D eigenvalue weighted by Gasteiger charge is -2.23. The van der Waals surface area contributed by atoms with Crippen LogP contribution in [0.4, 0.5) is 0 Å². The molecular weight excluding hydrogens is 262 g/mol. The highest BCUT2D eigenvalue weighted by molar-refractivity contribution is 6.39. The Morgan fingerprint density at radius 2 is 1.90 bits per heavy atom. The number of nitrogens with one attached hydrogen (secondary N) is 1. The lowest BCUT2D eigenvalue weighted by atomic mass is 9.81. The van der Waals surface area contributed by atoms with Gasteiger partial charge >= 0.3 is 0 Å². The molecule has 0 aromatic carbocycles. The van der Waals surface area contributed by atoms with Crippen molar-refractivity contribution in [3.8, 4) is 0 Å². The van der Waals surface area contributed by atoms with E-state index in [2.05, 4.69) is 11.6 Å². The smallest absolute Gasteiger partial charge is 0.202 e. The summed E-state index contributed by atoms with van der Waals surface area (Å²) in [5.74, 6) is -0.0265. The van der Waals surface area contributed by atoms with Gasteiger partial charge in [0.15, 0.2) is 0 Å². The molecule has 1 heterocycles. The van der Waals surface area contributed by atoms with Gasteiger partial charge in [-0.3, -0.25) is 4.79 Å². The van der Waals surface area contributed by atoms with Gasteiger partial charge in [0.25, 0.3) is 0 Å². The zero-order valence-electron chi connectivity index (χ0n) is 13.2. The summed E-state index contributed by atoms with van der Waals surface area (Å²) in [5, 5.41) is 10.3. The molecule has 0 aliphatic heterocycles. The predicted molar refractivity (Wildman–Crippen MR) is 86.1 cm³/mol. The molecule has 0 saturated heterocycles. The van der Waals surface area contributed by atoms with E-state index in [0.29, 0.717) is 16.8 Å². The van der Waals surface area contributed by atoms with Gasteiger partial charge in [-0.1, -0.05) is 18.2 Å². The van der Waals surface area contributed by atoms with Crippen LogP contribution in [-0.2, 0) is 4.79 Å². The number of aromatic amines is 1. The minimum atomic E-state index is -0.107. The second-order valence-corrected chi connectivity index (χ2v) is 5.74. The number of rotatable bonds is 3. The molecule has 21 heavy (non-hydrogen) atoms. The number of carbonyl (C=O) groups is 1. The Morgan fingerprint density at radius 1 is 1.29 bits per heavy atom. The summed E-state index contributed by atoms with van der Waals surface area (Å²) in [4.78, 5) is 15.6. The first-order valence-electron chi connectivity index (χ1n) is 6.94. The summed E-state index contributed by atoms with van der Waals surface area (Å²) in [5.41, 5.74) is 6.11. The molecule has 0 bridgehead atoms. The fraction of sp³-hybridized carbons (Fsp3) is 0.278. The Kier molecular flexibility index (Phi) is 3.77. The minimum Gasteiger partial charge on any atom is -0.506 e. The molecule has 1 aliphatic carbocycles. The van der Waals surface area contributed by atoms with E-state index >= 15 is 0 Å². The van der Waals surface area contributed by atoms with Crippen LogP contribution in [-0.4, -0.2) is 15.9 Å². The Hall–Kier alpha value is -2.29. The molecule has 1 aromatic rings. The van der Waals surface area contributed by atoms with Crippen molar-refractivity contribution in [2.75, 3.05) is 0 Å². The zero-order chi connectivity index (χ0) is 15.9. The first-order valence-corrected chi connectivity index (χ1v) is 6.94. The van der Waals surface area contributed by atoms with Gasteiger partial charge in [0, 0.05) is 5.69 Å². The maximum atomic E-state index is 12.4. The molecule has 2 N–H and O–H groups in total. The van der Waals surface area contributed by atoms with Crippen LogP contribution in [0.3, 0.4) is 0 Å². The van der Waals surface area contributed by atoms with Crippen molar-refractivity contribution in [3.05, 3.63) is 63.7 Å². The number of H-pyrrole nitrogens is 1. The van der Waals surface area contributed by atoms with Crippen LogP contribution in [0.1, 0.15) is 37.7 Å². The van der Waals surface area contributed by atoms with E-state index in [1.807, 2.05) is 46.8 Å². The highest BCUT2D eigenvalue weighted by Gasteiger charge is 2.37. The largest absolute Gasteiger partial charge is 0.506 e. The average molecular weight is 283 g/mol. The molecule has 1 aliphatic rings. The fourth-order valence-corrected chi connectivity index (χ4v) is 2.65. The van der Waals surface area contributed by atoms with Crippen molar-refractivity contribution in [2.45, 2.75) is 34.6 Å². The van der Waals surface area contributed by atoms with Crippen molar-refractivity contribution in [3.63, 3.8) is 0 Å². The van der Waals surface area contributed by atoms with Crippen LogP contribution >= 0.6 is 0 Å². The maximum absolute atomic E-state index is 12.4. The van der Waals surface area contributed by atoms with Gasteiger partial charge in [-0.25, -0.2) is 0 Å². The van der Waals surface area contributed by atoms with Gasteiger partial charge in [0.2, 0.25) is 5.78 Å². The van der Waals surface area contributed by atoms with Crippen molar-refractivity contribution >= 4 is 11.4 Å². The highest BCUT2D eigenvalue weighted by Crippen LogP contribution is 2.39. The molecule has 0 atom stereocenters. The molecule has 1 aromatic heterocycles. The lowest BCUT2D eigenvalue weighted by molar-refractivity contribution is -0.111. The van der Waals surface area contributed by atoms with Gasteiger partial charge in [-0.05, 0) is 57.4 Å². The number of hydrogen-bond acceptors (Lipinski definition) is 2. The van der Waals surface area contributed by atoms with E-state index in [1.165, 1.54) is 0 Å². The summed E-state index contributed by atoms with van der Waals surface area (Å²) in [7, 11) is 0. The number of aliphatic hydroxyl groups excluding tert-OH is 1. The number of allylic oxidation sites excluding steroid dienone is 6. The third kappa shape index (κ3) is 2.51. The second kappa shape index (κ2) is 5.24. The van der Waals surface area contributed by atoms with Gasteiger partial charge < -0.3 is 10.1 Å². The van der Waals surface area contributed by atoms with Crippen LogP contribution in [0.15, 0.2) is 46.8 Å². The number of hydrogen-bond donors (Lipinski definition) is 2. The number of aromatic nitrogens is 1. The number of carbonyl (C=O) groups excluding carboxylic acids is 1. The zero-order valence-corrected chi connectivity index (χ0v) is 13.2. The first-order chi connectivity index (χ1) is 9.73. The minimum absolute atomic E-state index is 0.0805. The quantitative estimate of drug-likeness (QED) is 0.641. The highest BCUT2D eigenvalue weighted by atomic mass is 16.3. The van der Waals surface area contributed by atoms with Gasteiger partial charge in [-0.15, -0.1) is 0 Å². The molecule has 0 amide bonds. The van der Waals surface area contributed by atoms with Crippen molar-refractivity contribution < 1.29 is 9.90 Å². The van der Waals surface area contributed by atoms with Crippen molar-refractivity contribution in [1.29, 1.82) is 0 Å². The van der Waals surface area contributed by atoms with Crippen LogP contribution in [0.2, 0.25) is 0 Å². The predicted octanol–water partition coefficient (Wildman–Crippen LogP) is 4.32. The topological polar surface area (TPSA) is 53.1 Å². The summed E-state index contributed by atoms with van der Waals surface area (Å²) < 4.78 is 0. The fourth-order valence-electron chi connectivity index (χ4n) is 2.65. The van der Waals surface area contributed by atoms with E-state index in [4.69, 9.17) is 0 Å². The third-order valence-electron chi connectivity index (χ3n) is 3.76. The van der Waals surface area contributed by atoms with Crippen LogP contribution in [0, 0.1) is 13.8 Å². The Morgan fingerprint density at radius 3 is 2.33 bits per heavy atom. The molecule has 0 spiro atoms. The van der Waals surface area contributed by atoms with Crippen LogP contribution < -0.4 is 0 Å². The van der Waals surface area contributed by atoms with Crippen LogP contribution in [0.25, 0.3) is 5.57 Å². The molecule has 0 fully saturated rings. The molecule has 3 nitrogen and oxygen atoms in total. The van der Waals surface area contributed by atoms with Gasteiger partial charge in [-0.2, -0.15) is 0 Å². The van der Waals surface area contributed by atoms with Crippen molar-refractivity contribution in [1.82, 2.24) is 4.98 Å². The Bertz CT molecular complexity index is 739. The first kappa shape index (κ1) is 15.1. The average Bonchev–Trinajstić information content (AvgIpc) is 2.67. The SMILES string of the molecule is C=C(C)/C=C(C)\C(C)=C1\C(=O)C(c2[nH]c(C)cc2C)=C1O. The normalized spacial score (nSPS) is 18.0. The summed E-state index contributed by atoms with van der Waals surface area (Å²) in [6.45, 7) is 13.3. The summed E-state index contributed by atoms with van der Waals surface area (Å²) >= 11 is 0. The molecule has 0 saturated carbocycles. The second-order valence-electron chi connectivity index (χ2n) is 5.74. The summed E-state index contributed by atoms with van der Waals surface area (Å²) in [6, 6.07) is 1.96. The van der Waals surface area contributed by atoms with E-state index in [9.17, 15) is 9.90 Å². The number of Topliss-reactive ketones (excluding diaryl/α,β-unsaturated/α-hetero) is 1. The summed E-state index contributed by atoms with van der Waals surface area (Å²) in [6.07, 6.45) is 1.91.